The minimum absolute atomic E-state index is 0.725. The number of nitrogens with zero attached hydrogens (tertiary/aromatic N) is 4. The Morgan fingerprint density at radius 1 is 1.24 bits per heavy atom. The number of rotatable bonds is 4. The van der Waals surface area contributed by atoms with E-state index in [1.54, 1.807) is 4.68 Å². The number of nitrogens with one attached hydrogen (secondary N) is 1. The highest BCUT2D eigenvalue weighted by molar-refractivity contribution is 5.38. The number of benzene rings is 1. The highest BCUT2D eigenvalue weighted by Crippen LogP contribution is 2.26. The normalized spacial score (nSPS) is 15.5. The average molecular weight is 229 g/mol. The highest BCUT2D eigenvalue weighted by Gasteiger charge is 2.18. The number of aromatic nitrogens is 4. The number of tetrazole rings is 1. The zero-order valence-electron chi connectivity index (χ0n) is 9.58. The van der Waals surface area contributed by atoms with Crippen molar-refractivity contribution in [3.8, 4) is 5.69 Å². The fourth-order valence-corrected chi connectivity index (χ4v) is 1.97. The van der Waals surface area contributed by atoms with Crippen molar-refractivity contribution in [1.82, 2.24) is 20.2 Å². The largest absolute Gasteiger partial charge is 0.352 e. The van der Waals surface area contributed by atoms with Crippen molar-refractivity contribution in [3.63, 3.8) is 0 Å². The van der Waals surface area contributed by atoms with Crippen LogP contribution in [0.5, 0.6) is 0 Å². The van der Waals surface area contributed by atoms with Gasteiger partial charge in [-0.1, -0.05) is 29.7 Å². The molecule has 0 bridgehead atoms. The van der Waals surface area contributed by atoms with Crippen LogP contribution in [0.3, 0.4) is 0 Å². The van der Waals surface area contributed by atoms with E-state index in [1.807, 2.05) is 30.3 Å². The summed E-state index contributed by atoms with van der Waals surface area (Å²) in [6.45, 7) is 0.965. The molecule has 1 N–H and O–H groups in total. The second kappa shape index (κ2) is 4.53. The van der Waals surface area contributed by atoms with Crippen LogP contribution in [-0.2, 0) is 0 Å². The van der Waals surface area contributed by atoms with Crippen LogP contribution in [0.25, 0.3) is 5.69 Å². The molecule has 1 aromatic heterocycles. The van der Waals surface area contributed by atoms with Crippen molar-refractivity contribution in [3.05, 3.63) is 30.3 Å². The third kappa shape index (κ3) is 2.13. The van der Waals surface area contributed by atoms with E-state index in [4.69, 9.17) is 0 Å². The first-order valence-corrected chi connectivity index (χ1v) is 6.01. The molecule has 2 aromatic rings. The van der Waals surface area contributed by atoms with Gasteiger partial charge in [0.2, 0.25) is 5.95 Å². The van der Waals surface area contributed by atoms with Gasteiger partial charge in [0.1, 0.15) is 0 Å². The molecule has 88 valence electrons. The molecular weight excluding hydrogens is 214 g/mol. The molecule has 1 heterocycles. The van der Waals surface area contributed by atoms with Crippen LogP contribution in [0.4, 0.5) is 5.95 Å². The second-order valence-electron chi connectivity index (χ2n) is 4.43. The molecule has 1 saturated carbocycles. The average Bonchev–Trinajstić information content (AvgIpc) is 2.76. The number of hydrogen-bond donors (Lipinski definition) is 1. The van der Waals surface area contributed by atoms with Gasteiger partial charge in [0.05, 0.1) is 5.69 Å². The van der Waals surface area contributed by atoms with E-state index in [0.717, 1.165) is 24.1 Å². The van der Waals surface area contributed by atoms with E-state index in [2.05, 4.69) is 20.8 Å². The smallest absolute Gasteiger partial charge is 0.247 e. The lowest BCUT2D eigenvalue weighted by atomic mass is 9.85. The Hall–Kier alpha value is -1.91. The minimum Gasteiger partial charge on any atom is -0.352 e. The summed E-state index contributed by atoms with van der Waals surface area (Å²) in [7, 11) is 0. The fourth-order valence-electron chi connectivity index (χ4n) is 1.97. The molecule has 1 aromatic carbocycles. The van der Waals surface area contributed by atoms with Gasteiger partial charge >= 0.3 is 0 Å². The van der Waals surface area contributed by atoms with E-state index < -0.39 is 0 Å². The van der Waals surface area contributed by atoms with Gasteiger partial charge in [-0.15, -0.1) is 0 Å². The molecule has 3 rings (SSSR count). The Morgan fingerprint density at radius 2 is 2.06 bits per heavy atom. The molecule has 0 atom stereocenters. The summed E-state index contributed by atoms with van der Waals surface area (Å²) in [6.07, 6.45) is 4.00. The fraction of sp³-hybridized carbons (Fsp3) is 0.417. The van der Waals surface area contributed by atoms with Gasteiger partial charge in [-0.2, -0.15) is 4.68 Å². The van der Waals surface area contributed by atoms with Crippen molar-refractivity contribution in [2.24, 2.45) is 5.92 Å². The van der Waals surface area contributed by atoms with Gasteiger partial charge < -0.3 is 5.32 Å². The quantitative estimate of drug-likeness (QED) is 0.869. The second-order valence-corrected chi connectivity index (χ2v) is 4.43. The monoisotopic (exact) mass is 229 g/mol. The summed E-state index contributed by atoms with van der Waals surface area (Å²) in [6, 6.07) is 9.92. The lowest BCUT2D eigenvalue weighted by molar-refractivity contribution is 0.332. The zero-order valence-corrected chi connectivity index (χ0v) is 9.58. The maximum atomic E-state index is 4.01. The number of anilines is 1. The predicted molar refractivity (Wildman–Crippen MR) is 65.0 cm³/mol. The molecule has 0 radical (unpaired) electrons. The van der Waals surface area contributed by atoms with Crippen LogP contribution in [0, 0.1) is 5.92 Å². The SMILES string of the molecule is c1ccc(-n2nnnc2NCC2CCC2)cc1. The first-order chi connectivity index (χ1) is 8.43. The first-order valence-electron chi connectivity index (χ1n) is 6.01. The van der Waals surface area contributed by atoms with Crippen molar-refractivity contribution in [1.29, 1.82) is 0 Å². The molecule has 5 heteroatoms. The van der Waals surface area contributed by atoms with Crippen LogP contribution in [0.1, 0.15) is 19.3 Å². The maximum Gasteiger partial charge on any atom is 0.247 e. The van der Waals surface area contributed by atoms with Crippen molar-refractivity contribution < 1.29 is 0 Å². The standard InChI is InChI=1S/C12H15N5/c1-2-7-11(8-3-1)17-12(14-15-16-17)13-9-10-5-4-6-10/h1-3,7-8,10H,4-6,9H2,(H,13,14,16). The van der Waals surface area contributed by atoms with Crippen LogP contribution >= 0.6 is 0 Å². The van der Waals surface area contributed by atoms with Crippen LogP contribution in [-0.4, -0.2) is 26.8 Å². The van der Waals surface area contributed by atoms with E-state index in [9.17, 15) is 0 Å². The molecule has 0 unspecified atom stereocenters. The molecule has 1 aliphatic carbocycles. The van der Waals surface area contributed by atoms with Gasteiger partial charge in [-0.05, 0) is 41.3 Å². The molecule has 0 amide bonds. The molecule has 5 nitrogen and oxygen atoms in total. The third-order valence-electron chi connectivity index (χ3n) is 3.24. The van der Waals surface area contributed by atoms with E-state index in [-0.39, 0.29) is 0 Å². The summed E-state index contributed by atoms with van der Waals surface area (Å²) in [5.41, 5.74) is 0.980. The lowest BCUT2D eigenvalue weighted by Gasteiger charge is -2.25. The zero-order chi connectivity index (χ0) is 11.5. The van der Waals surface area contributed by atoms with Crippen molar-refractivity contribution >= 4 is 5.95 Å². The van der Waals surface area contributed by atoms with Gasteiger partial charge in [0, 0.05) is 6.54 Å². The Labute approximate surface area is 99.8 Å². The summed E-state index contributed by atoms with van der Waals surface area (Å²) in [5.74, 6) is 1.51. The molecule has 1 aliphatic rings. The van der Waals surface area contributed by atoms with Crippen LogP contribution < -0.4 is 5.32 Å². The molecule has 0 aliphatic heterocycles. The summed E-state index contributed by atoms with van der Waals surface area (Å²) < 4.78 is 1.73. The Bertz CT molecular complexity index is 475. The summed E-state index contributed by atoms with van der Waals surface area (Å²) in [4.78, 5) is 0. The topological polar surface area (TPSA) is 55.6 Å². The third-order valence-corrected chi connectivity index (χ3v) is 3.24. The molecule has 0 saturated heterocycles. The molecule has 17 heavy (non-hydrogen) atoms. The van der Waals surface area contributed by atoms with E-state index >= 15 is 0 Å². The summed E-state index contributed by atoms with van der Waals surface area (Å²) in [5, 5.41) is 15.1. The summed E-state index contributed by atoms with van der Waals surface area (Å²) >= 11 is 0. The van der Waals surface area contributed by atoms with Crippen molar-refractivity contribution in [2.75, 3.05) is 11.9 Å². The molecule has 1 fully saturated rings. The maximum absolute atomic E-state index is 4.01. The van der Waals surface area contributed by atoms with Crippen molar-refractivity contribution in [2.45, 2.75) is 19.3 Å². The van der Waals surface area contributed by atoms with Gasteiger partial charge in [-0.3, -0.25) is 0 Å². The molecular formula is C12H15N5. The lowest BCUT2D eigenvalue weighted by Crippen LogP contribution is -2.22. The van der Waals surface area contributed by atoms with Crippen LogP contribution in [0.2, 0.25) is 0 Å². The first kappa shape index (κ1) is 10.3. The predicted octanol–water partition coefficient (Wildman–Crippen LogP) is 1.87. The van der Waals surface area contributed by atoms with Gasteiger partial charge in [-0.25, -0.2) is 0 Å². The highest BCUT2D eigenvalue weighted by atomic mass is 15.6. The Balaban J connectivity index is 1.74. The van der Waals surface area contributed by atoms with E-state index in [1.165, 1.54) is 19.3 Å². The van der Waals surface area contributed by atoms with Crippen LogP contribution in [0.15, 0.2) is 30.3 Å². The van der Waals surface area contributed by atoms with Gasteiger partial charge in [0.25, 0.3) is 0 Å². The van der Waals surface area contributed by atoms with E-state index in [0.29, 0.717) is 0 Å². The minimum atomic E-state index is 0.725. The Morgan fingerprint density at radius 3 is 2.76 bits per heavy atom. The number of hydrogen-bond acceptors (Lipinski definition) is 4. The number of para-hydroxylation sites is 1. The molecule has 0 spiro atoms. The Kier molecular flexibility index (Phi) is 2.73. The van der Waals surface area contributed by atoms with Gasteiger partial charge in [0.15, 0.2) is 0 Å².